The normalized spacial score (nSPS) is 68.2. The number of hydrogen-bond donors (Lipinski definition) is 0. The van der Waals surface area contributed by atoms with E-state index in [-0.39, 0.29) is 0 Å². The van der Waals surface area contributed by atoms with E-state index < -0.39 is 0 Å². The molecular weight excluding hydrogens is 264 g/mol. The summed E-state index contributed by atoms with van der Waals surface area (Å²) in [4.78, 5) is 0. The zero-order chi connectivity index (χ0) is 13.2. The Morgan fingerprint density at radius 3 is 1.36 bits per heavy atom. The minimum absolute atomic E-state index is 1.10. The Morgan fingerprint density at radius 2 is 0.955 bits per heavy atom. The van der Waals surface area contributed by atoms with Crippen LogP contribution >= 0.6 is 0 Å². The largest absolute Gasteiger partial charge is 0.0496 e. The molecule has 0 aromatic heterocycles. The Kier molecular flexibility index (Phi) is 0.985. The summed E-state index contributed by atoms with van der Waals surface area (Å²) in [5, 5.41) is 3.70. The second kappa shape index (κ2) is 2.28. The molecule has 10 aliphatic rings. The smallest absolute Gasteiger partial charge is 0.00464 e. The maximum atomic E-state index is 1.95. The predicted octanol–water partition coefficient (Wildman–Crippen LogP) is 3.59. The lowest BCUT2D eigenvalue weighted by Crippen LogP contribution is -2.86. The minimum Gasteiger partial charge on any atom is -0.0496 e. The van der Waals surface area contributed by atoms with Crippen LogP contribution in [0.5, 0.6) is 0 Å². The summed E-state index contributed by atoms with van der Waals surface area (Å²) in [6.45, 7) is 0. The van der Waals surface area contributed by atoms with Crippen LogP contribution in [0.15, 0.2) is 0 Å². The van der Waals surface area contributed by atoms with Gasteiger partial charge in [-0.25, -0.2) is 0 Å². The van der Waals surface area contributed by atoms with Crippen molar-refractivity contribution in [3.8, 4) is 0 Å². The van der Waals surface area contributed by atoms with E-state index in [1.165, 1.54) is 72.0 Å². The maximum Gasteiger partial charge on any atom is -0.00464 e. The molecule has 6 fully saturated rings. The van der Waals surface area contributed by atoms with Gasteiger partial charge in [-0.05, 0) is 129 Å². The summed E-state index contributed by atoms with van der Waals surface area (Å²) in [6.07, 6.45) is 6.10. The van der Waals surface area contributed by atoms with Gasteiger partial charge in [-0.3, -0.25) is 0 Å². The van der Waals surface area contributed by atoms with Crippen molar-refractivity contribution < 1.29 is 0 Å². The third-order valence-corrected chi connectivity index (χ3v) is 11.4. The SMILES string of the molecule is C1Cc2c1c1c3c(c2=1)C1C3C2C1C1C3C4C5CCC5C4C3C21. The van der Waals surface area contributed by atoms with E-state index in [2.05, 4.69) is 0 Å². The van der Waals surface area contributed by atoms with Gasteiger partial charge in [0.25, 0.3) is 0 Å². The van der Waals surface area contributed by atoms with E-state index in [1.807, 2.05) is 32.7 Å². The van der Waals surface area contributed by atoms with E-state index in [1.54, 1.807) is 12.8 Å². The maximum absolute atomic E-state index is 1.95. The fraction of sp³-hybridized carbons (Fsp3) is 0.727. The first-order valence-electron chi connectivity index (χ1n) is 10.2. The molecular formula is C22H20. The van der Waals surface area contributed by atoms with Crippen LogP contribution in [-0.4, -0.2) is 0 Å². The molecule has 0 amide bonds. The molecule has 108 valence electrons. The molecule has 0 aromatic carbocycles. The van der Waals surface area contributed by atoms with Crippen molar-refractivity contribution in [2.75, 3.05) is 0 Å². The van der Waals surface area contributed by atoms with Crippen LogP contribution in [0.3, 0.4) is 0 Å². The first-order valence-corrected chi connectivity index (χ1v) is 10.2. The van der Waals surface area contributed by atoms with Gasteiger partial charge in [0.2, 0.25) is 0 Å². The highest BCUT2D eigenvalue weighted by atomic mass is 14.9. The molecule has 0 spiro atoms. The van der Waals surface area contributed by atoms with Gasteiger partial charge in [0.15, 0.2) is 0 Å². The van der Waals surface area contributed by atoms with Gasteiger partial charge in [-0.1, -0.05) is 0 Å². The van der Waals surface area contributed by atoms with E-state index >= 15 is 0 Å². The zero-order valence-electron chi connectivity index (χ0n) is 12.8. The number of benzene rings is 1. The highest BCUT2D eigenvalue weighted by Crippen LogP contribution is 2.92. The predicted molar refractivity (Wildman–Crippen MR) is 81.1 cm³/mol. The second-order valence-corrected chi connectivity index (χ2v) is 10.6. The molecule has 0 N–H and O–H groups in total. The van der Waals surface area contributed by atoms with Gasteiger partial charge in [0.05, 0.1) is 0 Å². The Balaban J connectivity index is 1.11. The molecule has 10 rings (SSSR count). The van der Waals surface area contributed by atoms with Crippen molar-refractivity contribution in [1.29, 1.82) is 0 Å². The molecule has 0 saturated heterocycles. The molecule has 12 unspecified atom stereocenters. The molecule has 6 saturated carbocycles. The molecule has 0 aromatic rings. The first-order chi connectivity index (χ1) is 11.0. The molecule has 0 aliphatic heterocycles. The summed E-state index contributed by atoms with van der Waals surface area (Å²) < 4.78 is 0. The molecule has 0 heterocycles. The fourth-order valence-electron chi connectivity index (χ4n) is 10.8. The van der Waals surface area contributed by atoms with Gasteiger partial charge in [-0.2, -0.15) is 0 Å². The second-order valence-electron chi connectivity index (χ2n) is 10.6. The number of rotatable bonds is 0. The summed E-state index contributed by atoms with van der Waals surface area (Å²) in [7, 11) is 0. The summed E-state index contributed by atoms with van der Waals surface area (Å²) >= 11 is 0. The van der Waals surface area contributed by atoms with Crippen molar-refractivity contribution >= 4 is 0 Å². The fourth-order valence-corrected chi connectivity index (χ4v) is 10.8. The van der Waals surface area contributed by atoms with Crippen molar-refractivity contribution in [3.63, 3.8) is 0 Å². The van der Waals surface area contributed by atoms with Crippen molar-refractivity contribution in [2.24, 2.45) is 59.2 Å². The average molecular weight is 284 g/mol. The van der Waals surface area contributed by atoms with E-state index in [9.17, 15) is 0 Å². The highest BCUT2D eigenvalue weighted by molar-refractivity contribution is 5.69. The summed E-state index contributed by atoms with van der Waals surface area (Å²) in [6, 6.07) is 0. The van der Waals surface area contributed by atoms with E-state index in [0.29, 0.717) is 0 Å². The van der Waals surface area contributed by atoms with Gasteiger partial charge in [0, 0.05) is 0 Å². The molecule has 10 aliphatic carbocycles. The lowest BCUT2D eigenvalue weighted by molar-refractivity contribution is -0.419. The van der Waals surface area contributed by atoms with Gasteiger partial charge in [-0.15, -0.1) is 0 Å². The quantitative estimate of drug-likeness (QED) is 0.512. The number of hydrogen-bond acceptors (Lipinski definition) is 0. The topological polar surface area (TPSA) is 0 Å². The van der Waals surface area contributed by atoms with Crippen LogP contribution in [-0.2, 0) is 12.8 Å². The zero-order valence-corrected chi connectivity index (χ0v) is 12.8. The molecule has 0 nitrogen and oxygen atoms in total. The van der Waals surface area contributed by atoms with Crippen LogP contribution in [0.25, 0.3) is 0 Å². The van der Waals surface area contributed by atoms with Crippen molar-refractivity contribution in [1.82, 2.24) is 0 Å². The van der Waals surface area contributed by atoms with Crippen LogP contribution in [0.4, 0.5) is 0 Å². The standard InChI is InChI=1S/C22H20/c1-2-6-5(1)9-10(6)14-13(9)17-18(14)22-20-16-12-8-4-3-7(8)11(12)15(16)19(20)21(17)22/h5-6,9-10,13-14,17-22H,1-4H2. The van der Waals surface area contributed by atoms with Crippen LogP contribution in [0.1, 0.15) is 46.9 Å². The highest BCUT2D eigenvalue weighted by Gasteiger charge is 2.87. The Labute approximate surface area is 130 Å². The van der Waals surface area contributed by atoms with Crippen LogP contribution in [0, 0.1) is 69.6 Å². The minimum atomic E-state index is 1.10. The van der Waals surface area contributed by atoms with Gasteiger partial charge in [0.1, 0.15) is 0 Å². The molecule has 22 heavy (non-hydrogen) atoms. The van der Waals surface area contributed by atoms with Crippen LogP contribution in [0.2, 0.25) is 0 Å². The Morgan fingerprint density at radius 1 is 0.500 bits per heavy atom. The van der Waals surface area contributed by atoms with Crippen molar-refractivity contribution in [3.05, 3.63) is 32.7 Å². The Hall–Kier alpha value is -0.780. The Bertz CT molecular complexity index is 906. The summed E-state index contributed by atoms with van der Waals surface area (Å²) in [5.41, 5.74) is 7.57. The molecule has 0 radical (unpaired) electrons. The molecule has 12 atom stereocenters. The lowest BCUT2D eigenvalue weighted by atomic mass is 9.13. The monoisotopic (exact) mass is 284 g/mol. The third kappa shape index (κ3) is 0.535. The molecule has 0 bridgehead atoms. The van der Waals surface area contributed by atoms with Crippen molar-refractivity contribution in [2.45, 2.75) is 37.5 Å². The molecule has 0 heteroatoms. The summed E-state index contributed by atoms with van der Waals surface area (Å²) in [5.74, 6) is 14.6. The third-order valence-electron chi connectivity index (χ3n) is 11.4. The average Bonchev–Trinajstić information content (AvgIpc) is 2.43. The van der Waals surface area contributed by atoms with E-state index in [4.69, 9.17) is 0 Å². The van der Waals surface area contributed by atoms with Crippen LogP contribution < -0.4 is 0 Å². The van der Waals surface area contributed by atoms with E-state index in [0.717, 1.165) is 11.8 Å². The first kappa shape index (κ1) is 9.50. The van der Waals surface area contributed by atoms with Gasteiger partial charge >= 0.3 is 0 Å². The lowest BCUT2D eigenvalue weighted by Gasteiger charge is -2.91. The van der Waals surface area contributed by atoms with Gasteiger partial charge < -0.3 is 0 Å². The number of fused-ring (bicyclic) bond motifs is 24.